The number of nitrogens with one attached hydrogen (secondary N) is 2. The van der Waals surface area contributed by atoms with E-state index >= 15 is 0 Å². The Morgan fingerprint density at radius 1 is 1.61 bits per heavy atom. The summed E-state index contributed by atoms with van der Waals surface area (Å²) < 4.78 is 6.67. The van der Waals surface area contributed by atoms with E-state index < -0.39 is 0 Å². The third-order valence-corrected chi connectivity index (χ3v) is 2.51. The second-order valence-corrected chi connectivity index (χ2v) is 3.98. The van der Waals surface area contributed by atoms with Crippen molar-refractivity contribution in [2.24, 2.45) is 7.05 Å². The van der Waals surface area contributed by atoms with Crippen molar-refractivity contribution in [3.63, 3.8) is 0 Å². The van der Waals surface area contributed by atoms with Crippen molar-refractivity contribution in [3.8, 4) is 0 Å². The second-order valence-electron chi connectivity index (χ2n) is 3.98. The number of carbonyl (C=O) groups is 1. The smallest absolute Gasteiger partial charge is 0.315 e. The highest BCUT2D eigenvalue weighted by atomic mass is 16.3. The molecule has 0 saturated heterocycles. The maximum absolute atomic E-state index is 11.6. The molecule has 2 rings (SSSR count). The van der Waals surface area contributed by atoms with Crippen molar-refractivity contribution >= 4 is 6.03 Å². The van der Waals surface area contributed by atoms with Gasteiger partial charge in [0, 0.05) is 19.2 Å². The molecule has 2 heterocycles. The van der Waals surface area contributed by atoms with Gasteiger partial charge in [-0.05, 0) is 13.0 Å². The molecule has 2 aromatic heterocycles. The van der Waals surface area contributed by atoms with Crippen LogP contribution in [-0.4, -0.2) is 20.8 Å². The van der Waals surface area contributed by atoms with Crippen LogP contribution in [0.25, 0.3) is 0 Å². The quantitative estimate of drug-likeness (QED) is 0.845. The monoisotopic (exact) mass is 249 g/mol. The molecule has 7 nitrogen and oxygen atoms in total. The van der Waals surface area contributed by atoms with Crippen LogP contribution in [0.1, 0.15) is 24.4 Å². The molecule has 0 radical (unpaired) electrons. The van der Waals surface area contributed by atoms with Crippen molar-refractivity contribution in [2.45, 2.75) is 19.5 Å². The fourth-order valence-corrected chi connectivity index (χ4v) is 1.57. The molecule has 1 atom stereocenters. The van der Waals surface area contributed by atoms with E-state index in [0.717, 1.165) is 5.56 Å². The lowest BCUT2D eigenvalue weighted by Crippen LogP contribution is -2.37. The average molecular weight is 249 g/mol. The van der Waals surface area contributed by atoms with Crippen LogP contribution >= 0.6 is 0 Å². The maximum Gasteiger partial charge on any atom is 0.315 e. The highest BCUT2D eigenvalue weighted by Gasteiger charge is 2.13. The van der Waals surface area contributed by atoms with Crippen LogP contribution in [0, 0.1) is 0 Å². The Labute approximate surface area is 104 Å². The molecule has 0 saturated carbocycles. The Bertz CT molecular complexity index is 505. The summed E-state index contributed by atoms with van der Waals surface area (Å²) in [6.45, 7) is 2.27. The first-order valence-corrected chi connectivity index (χ1v) is 5.56. The van der Waals surface area contributed by atoms with E-state index in [9.17, 15) is 4.79 Å². The zero-order valence-electron chi connectivity index (χ0n) is 10.3. The lowest BCUT2D eigenvalue weighted by Gasteiger charge is -2.13. The first-order chi connectivity index (χ1) is 8.66. The molecule has 0 aliphatic heterocycles. The molecular formula is C11H15N5O2. The zero-order valence-corrected chi connectivity index (χ0v) is 10.3. The van der Waals surface area contributed by atoms with E-state index in [4.69, 9.17) is 4.42 Å². The molecule has 18 heavy (non-hydrogen) atoms. The summed E-state index contributed by atoms with van der Waals surface area (Å²) in [5.74, 6) is 0.702. The topological polar surface area (TPSA) is 85.0 Å². The number of nitrogens with zero attached hydrogens (tertiary/aromatic N) is 3. The Hall–Kier alpha value is -2.31. The normalized spacial score (nSPS) is 12.1. The Balaban J connectivity index is 1.82. The van der Waals surface area contributed by atoms with Gasteiger partial charge in [-0.25, -0.2) is 4.79 Å². The fourth-order valence-electron chi connectivity index (χ4n) is 1.57. The number of hydrogen-bond acceptors (Lipinski definition) is 4. The van der Waals surface area contributed by atoms with Crippen LogP contribution in [-0.2, 0) is 13.6 Å². The summed E-state index contributed by atoms with van der Waals surface area (Å²) in [5, 5.41) is 13.2. The predicted octanol–water partition coefficient (Wildman–Crippen LogP) is 0.969. The fraction of sp³-hybridized carbons (Fsp3) is 0.364. The molecule has 0 spiro atoms. The van der Waals surface area contributed by atoms with Gasteiger partial charge in [0.1, 0.15) is 6.33 Å². The Morgan fingerprint density at radius 2 is 2.44 bits per heavy atom. The van der Waals surface area contributed by atoms with Crippen LogP contribution in [0.5, 0.6) is 0 Å². The third-order valence-electron chi connectivity index (χ3n) is 2.51. The van der Waals surface area contributed by atoms with Crippen molar-refractivity contribution in [1.82, 2.24) is 25.4 Å². The number of carbonyl (C=O) groups excluding carboxylic acids is 1. The molecule has 96 valence electrons. The number of amides is 2. The summed E-state index contributed by atoms with van der Waals surface area (Å²) in [5.41, 5.74) is 0.913. The second kappa shape index (κ2) is 5.35. The summed E-state index contributed by atoms with van der Waals surface area (Å²) >= 11 is 0. The molecule has 2 aromatic rings. The SMILES string of the molecule is C[C@@H](NC(=O)NCc1ccoc1)c1nncn1C. The van der Waals surface area contributed by atoms with Crippen LogP contribution in [0.2, 0.25) is 0 Å². The summed E-state index contributed by atoms with van der Waals surface area (Å²) in [6, 6.07) is 1.33. The number of rotatable bonds is 4. The minimum absolute atomic E-state index is 0.207. The van der Waals surface area contributed by atoms with Gasteiger partial charge < -0.3 is 19.6 Å². The van der Waals surface area contributed by atoms with E-state index in [1.807, 2.05) is 14.0 Å². The summed E-state index contributed by atoms with van der Waals surface area (Å²) in [4.78, 5) is 11.6. The highest BCUT2D eigenvalue weighted by Crippen LogP contribution is 2.06. The number of aryl methyl sites for hydroxylation is 1. The minimum Gasteiger partial charge on any atom is -0.472 e. The van der Waals surface area contributed by atoms with Crippen LogP contribution in [0.4, 0.5) is 4.79 Å². The average Bonchev–Trinajstić information content (AvgIpc) is 2.97. The van der Waals surface area contributed by atoms with Gasteiger partial charge in [-0.3, -0.25) is 0 Å². The molecule has 0 aliphatic carbocycles. The van der Waals surface area contributed by atoms with Gasteiger partial charge >= 0.3 is 6.03 Å². The first kappa shape index (κ1) is 12.2. The number of hydrogen-bond donors (Lipinski definition) is 2. The molecule has 0 aromatic carbocycles. The number of aromatic nitrogens is 3. The van der Waals surface area contributed by atoms with Crippen molar-refractivity contribution in [2.75, 3.05) is 0 Å². The standard InChI is InChI=1S/C11H15N5O2/c1-8(10-15-13-7-16(10)2)14-11(17)12-5-9-3-4-18-6-9/h3-4,6-8H,5H2,1-2H3,(H2,12,14,17)/t8-/m1/s1. The van der Waals surface area contributed by atoms with Gasteiger partial charge in [0.05, 0.1) is 18.6 Å². The van der Waals surface area contributed by atoms with E-state index in [0.29, 0.717) is 12.4 Å². The lowest BCUT2D eigenvalue weighted by atomic mass is 10.3. The molecular weight excluding hydrogens is 234 g/mol. The summed E-state index contributed by atoms with van der Waals surface area (Å²) in [6.07, 6.45) is 4.75. The Kier molecular flexibility index (Phi) is 3.61. The van der Waals surface area contributed by atoms with E-state index in [2.05, 4.69) is 20.8 Å². The first-order valence-electron chi connectivity index (χ1n) is 5.56. The van der Waals surface area contributed by atoms with E-state index in [1.54, 1.807) is 29.5 Å². The van der Waals surface area contributed by atoms with Gasteiger partial charge in [-0.1, -0.05) is 0 Å². The van der Waals surface area contributed by atoms with Crippen LogP contribution < -0.4 is 10.6 Å². The van der Waals surface area contributed by atoms with Gasteiger partial charge in [0.15, 0.2) is 5.82 Å². The minimum atomic E-state index is -0.258. The van der Waals surface area contributed by atoms with Crippen molar-refractivity contribution < 1.29 is 9.21 Å². The van der Waals surface area contributed by atoms with Gasteiger partial charge in [0.25, 0.3) is 0 Å². The van der Waals surface area contributed by atoms with E-state index in [1.165, 1.54) is 0 Å². The van der Waals surface area contributed by atoms with Crippen molar-refractivity contribution in [1.29, 1.82) is 0 Å². The summed E-state index contributed by atoms with van der Waals surface area (Å²) in [7, 11) is 1.83. The van der Waals surface area contributed by atoms with Crippen molar-refractivity contribution in [3.05, 3.63) is 36.3 Å². The molecule has 7 heteroatoms. The third kappa shape index (κ3) is 2.88. The van der Waals surface area contributed by atoms with Crippen LogP contribution in [0.15, 0.2) is 29.3 Å². The molecule has 0 fully saturated rings. The largest absolute Gasteiger partial charge is 0.472 e. The molecule has 0 bridgehead atoms. The molecule has 2 N–H and O–H groups in total. The molecule has 0 aliphatic rings. The van der Waals surface area contributed by atoms with Gasteiger partial charge in [-0.15, -0.1) is 10.2 Å². The lowest BCUT2D eigenvalue weighted by molar-refractivity contribution is 0.237. The highest BCUT2D eigenvalue weighted by molar-refractivity contribution is 5.74. The van der Waals surface area contributed by atoms with Gasteiger partial charge in [-0.2, -0.15) is 0 Å². The molecule has 2 amide bonds. The van der Waals surface area contributed by atoms with Gasteiger partial charge in [0.2, 0.25) is 0 Å². The number of urea groups is 1. The Morgan fingerprint density at radius 3 is 3.06 bits per heavy atom. The number of furan rings is 1. The molecule has 0 unspecified atom stereocenters. The van der Waals surface area contributed by atoms with Crippen LogP contribution in [0.3, 0.4) is 0 Å². The zero-order chi connectivity index (χ0) is 13.0. The predicted molar refractivity (Wildman–Crippen MR) is 63.5 cm³/mol. The maximum atomic E-state index is 11.6. The van der Waals surface area contributed by atoms with E-state index in [-0.39, 0.29) is 12.1 Å².